The lowest BCUT2D eigenvalue weighted by Gasteiger charge is -2.13. The summed E-state index contributed by atoms with van der Waals surface area (Å²) in [7, 11) is 0. The highest BCUT2D eigenvalue weighted by molar-refractivity contribution is 9.10. The average Bonchev–Trinajstić information content (AvgIpc) is 2.47. The lowest BCUT2D eigenvalue weighted by atomic mass is 10.2. The monoisotopic (exact) mass is 337 g/mol. The normalized spacial score (nSPS) is 10.3. The van der Waals surface area contributed by atoms with Crippen molar-refractivity contribution < 1.29 is 9.13 Å². The molecule has 106 valence electrons. The molecule has 0 atom stereocenters. The number of nitrogens with one attached hydrogen (secondary N) is 1. The third kappa shape index (κ3) is 3.97. The third-order valence-electron chi connectivity index (χ3n) is 2.82. The molecule has 20 heavy (non-hydrogen) atoms. The fourth-order valence-electron chi connectivity index (χ4n) is 1.80. The van der Waals surface area contributed by atoms with Crippen LogP contribution in [-0.2, 0) is 6.54 Å². The van der Waals surface area contributed by atoms with E-state index >= 15 is 0 Å². The summed E-state index contributed by atoms with van der Waals surface area (Å²) >= 11 is 3.19. The standard InChI is InChI=1S/C16H17BrFNO/c1-2-9-20-16-6-4-3-5-15(16)19-11-12-7-8-14(18)13(17)10-12/h3-8,10,19H,2,9,11H2,1H3. The maximum absolute atomic E-state index is 13.2. The highest BCUT2D eigenvalue weighted by Gasteiger charge is 2.04. The Hall–Kier alpha value is -1.55. The van der Waals surface area contributed by atoms with Gasteiger partial charge in [-0.1, -0.05) is 25.1 Å². The molecule has 0 saturated heterocycles. The van der Waals surface area contributed by atoms with Crippen molar-refractivity contribution in [2.75, 3.05) is 11.9 Å². The smallest absolute Gasteiger partial charge is 0.142 e. The number of rotatable bonds is 6. The van der Waals surface area contributed by atoms with Crippen molar-refractivity contribution in [1.29, 1.82) is 0 Å². The van der Waals surface area contributed by atoms with Crippen molar-refractivity contribution in [2.24, 2.45) is 0 Å². The Morgan fingerprint density at radius 2 is 2.00 bits per heavy atom. The summed E-state index contributed by atoms with van der Waals surface area (Å²) in [6.45, 7) is 3.39. The van der Waals surface area contributed by atoms with Crippen LogP contribution in [0.15, 0.2) is 46.9 Å². The molecule has 4 heteroatoms. The van der Waals surface area contributed by atoms with Crippen LogP contribution in [0.25, 0.3) is 0 Å². The van der Waals surface area contributed by atoms with Crippen LogP contribution < -0.4 is 10.1 Å². The SMILES string of the molecule is CCCOc1ccccc1NCc1ccc(F)c(Br)c1. The van der Waals surface area contributed by atoms with E-state index < -0.39 is 0 Å². The van der Waals surface area contributed by atoms with Gasteiger partial charge in [0.25, 0.3) is 0 Å². The Labute approximate surface area is 127 Å². The largest absolute Gasteiger partial charge is 0.491 e. The highest BCUT2D eigenvalue weighted by atomic mass is 79.9. The molecule has 0 saturated carbocycles. The zero-order valence-electron chi connectivity index (χ0n) is 11.3. The molecule has 0 aliphatic carbocycles. The first kappa shape index (κ1) is 14.9. The number of hydrogen-bond donors (Lipinski definition) is 1. The van der Waals surface area contributed by atoms with Gasteiger partial charge < -0.3 is 10.1 Å². The van der Waals surface area contributed by atoms with Crippen LogP contribution in [0.1, 0.15) is 18.9 Å². The van der Waals surface area contributed by atoms with Gasteiger partial charge in [-0.25, -0.2) is 4.39 Å². The van der Waals surface area contributed by atoms with Crippen molar-refractivity contribution in [3.05, 3.63) is 58.3 Å². The molecule has 0 aliphatic rings. The van der Waals surface area contributed by atoms with Gasteiger partial charge in [0.2, 0.25) is 0 Å². The highest BCUT2D eigenvalue weighted by Crippen LogP contribution is 2.25. The number of anilines is 1. The quantitative estimate of drug-likeness (QED) is 0.801. The first-order valence-corrected chi connectivity index (χ1v) is 7.39. The van der Waals surface area contributed by atoms with Gasteiger partial charge in [0.15, 0.2) is 0 Å². The zero-order valence-corrected chi connectivity index (χ0v) is 12.9. The minimum Gasteiger partial charge on any atom is -0.491 e. The maximum Gasteiger partial charge on any atom is 0.142 e. The minimum atomic E-state index is -0.250. The molecule has 0 unspecified atom stereocenters. The summed E-state index contributed by atoms with van der Waals surface area (Å²) < 4.78 is 19.3. The molecule has 0 radical (unpaired) electrons. The third-order valence-corrected chi connectivity index (χ3v) is 3.42. The molecular weight excluding hydrogens is 321 g/mol. The van der Waals surface area contributed by atoms with Crippen LogP contribution in [-0.4, -0.2) is 6.61 Å². The van der Waals surface area contributed by atoms with E-state index in [-0.39, 0.29) is 5.82 Å². The Morgan fingerprint density at radius 1 is 1.20 bits per heavy atom. The first-order valence-electron chi connectivity index (χ1n) is 6.60. The van der Waals surface area contributed by atoms with Crippen molar-refractivity contribution >= 4 is 21.6 Å². The molecule has 0 bridgehead atoms. The van der Waals surface area contributed by atoms with E-state index in [1.165, 1.54) is 6.07 Å². The summed E-state index contributed by atoms with van der Waals surface area (Å²) in [6, 6.07) is 12.8. The second-order valence-corrected chi connectivity index (χ2v) is 5.30. The van der Waals surface area contributed by atoms with Crippen molar-refractivity contribution in [3.8, 4) is 5.75 Å². The predicted octanol–water partition coefficient (Wildman–Crippen LogP) is 4.99. The van der Waals surface area contributed by atoms with Crippen LogP contribution in [0.4, 0.5) is 10.1 Å². The van der Waals surface area contributed by atoms with Gasteiger partial charge in [-0.15, -0.1) is 0 Å². The molecule has 1 N–H and O–H groups in total. The summed E-state index contributed by atoms with van der Waals surface area (Å²) in [5.74, 6) is 0.593. The molecule has 0 spiro atoms. The minimum absolute atomic E-state index is 0.250. The first-order chi connectivity index (χ1) is 9.70. The molecule has 0 fully saturated rings. The second kappa shape index (κ2) is 7.29. The molecule has 2 nitrogen and oxygen atoms in total. The van der Waals surface area contributed by atoms with Gasteiger partial charge in [0.05, 0.1) is 16.8 Å². The number of hydrogen-bond acceptors (Lipinski definition) is 2. The average molecular weight is 338 g/mol. The van der Waals surface area contributed by atoms with Crippen LogP contribution in [0.5, 0.6) is 5.75 Å². The van der Waals surface area contributed by atoms with Crippen molar-refractivity contribution in [3.63, 3.8) is 0 Å². The summed E-state index contributed by atoms with van der Waals surface area (Å²) in [6.07, 6.45) is 0.971. The van der Waals surface area contributed by atoms with E-state index in [0.717, 1.165) is 23.4 Å². The number of para-hydroxylation sites is 2. The van der Waals surface area contributed by atoms with Gasteiger partial charge in [-0.3, -0.25) is 0 Å². The number of ether oxygens (including phenoxy) is 1. The molecule has 0 heterocycles. The van der Waals surface area contributed by atoms with Crippen molar-refractivity contribution in [1.82, 2.24) is 0 Å². The van der Waals surface area contributed by atoms with Crippen LogP contribution >= 0.6 is 15.9 Å². The van der Waals surface area contributed by atoms with E-state index in [2.05, 4.69) is 28.2 Å². The topological polar surface area (TPSA) is 21.3 Å². The Morgan fingerprint density at radius 3 is 2.75 bits per heavy atom. The molecule has 2 rings (SSSR count). The lowest BCUT2D eigenvalue weighted by Crippen LogP contribution is -2.03. The van der Waals surface area contributed by atoms with E-state index in [1.54, 1.807) is 12.1 Å². The summed E-state index contributed by atoms with van der Waals surface area (Å²) in [5, 5.41) is 3.32. The van der Waals surface area contributed by atoms with Crippen LogP contribution in [0, 0.1) is 5.82 Å². The molecular formula is C16H17BrFNO. The fourth-order valence-corrected chi connectivity index (χ4v) is 2.22. The Kier molecular flexibility index (Phi) is 5.41. The van der Waals surface area contributed by atoms with Gasteiger partial charge in [-0.2, -0.15) is 0 Å². The molecule has 2 aromatic carbocycles. The van der Waals surface area contributed by atoms with E-state index in [1.807, 2.05) is 24.3 Å². The molecule has 0 aromatic heterocycles. The lowest BCUT2D eigenvalue weighted by molar-refractivity contribution is 0.319. The van der Waals surface area contributed by atoms with Gasteiger partial charge in [0, 0.05) is 6.54 Å². The van der Waals surface area contributed by atoms with E-state index in [4.69, 9.17) is 4.74 Å². The molecule has 2 aromatic rings. The molecule has 0 amide bonds. The number of benzene rings is 2. The Balaban J connectivity index is 2.04. The maximum atomic E-state index is 13.2. The van der Waals surface area contributed by atoms with Gasteiger partial charge >= 0.3 is 0 Å². The fraction of sp³-hybridized carbons (Fsp3) is 0.250. The summed E-state index contributed by atoms with van der Waals surface area (Å²) in [4.78, 5) is 0. The second-order valence-electron chi connectivity index (χ2n) is 4.45. The van der Waals surface area contributed by atoms with E-state index in [9.17, 15) is 4.39 Å². The summed E-state index contributed by atoms with van der Waals surface area (Å²) in [5.41, 5.74) is 1.95. The number of halogens is 2. The van der Waals surface area contributed by atoms with Crippen LogP contribution in [0.2, 0.25) is 0 Å². The Bertz CT molecular complexity index is 574. The van der Waals surface area contributed by atoms with Gasteiger partial charge in [-0.05, 0) is 52.2 Å². The molecule has 0 aliphatic heterocycles. The van der Waals surface area contributed by atoms with Crippen LogP contribution in [0.3, 0.4) is 0 Å². The van der Waals surface area contributed by atoms with Crippen molar-refractivity contribution in [2.45, 2.75) is 19.9 Å². The van der Waals surface area contributed by atoms with Gasteiger partial charge in [0.1, 0.15) is 11.6 Å². The predicted molar refractivity (Wildman–Crippen MR) is 83.7 cm³/mol. The van der Waals surface area contributed by atoms with E-state index in [0.29, 0.717) is 17.6 Å². The zero-order chi connectivity index (χ0) is 14.4.